The van der Waals surface area contributed by atoms with Crippen molar-refractivity contribution in [2.24, 2.45) is 0 Å². The SMILES string of the molecule is Cc1ncoc1C(=O)CNC(=O)O. The molecule has 0 saturated carbocycles. The van der Waals surface area contributed by atoms with Crippen molar-refractivity contribution in [1.82, 2.24) is 10.3 Å². The molecule has 1 amide bonds. The number of carboxylic acid groups (broad SMARTS) is 1. The van der Waals surface area contributed by atoms with E-state index in [0.717, 1.165) is 6.39 Å². The maximum atomic E-state index is 11.2. The molecule has 13 heavy (non-hydrogen) atoms. The molecule has 0 unspecified atom stereocenters. The van der Waals surface area contributed by atoms with Crippen molar-refractivity contribution in [1.29, 1.82) is 0 Å². The number of hydrogen-bond donors (Lipinski definition) is 2. The number of Topliss-reactive ketones (excluding diaryl/α,β-unsaturated/α-hetero) is 1. The predicted molar refractivity (Wildman–Crippen MR) is 41.6 cm³/mol. The Morgan fingerprint density at radius 3 is 2.85 bits per heavy atom. The van der Waals surface area contributed by atoms with Gasteiger partial charge in [-0.05, 0) is 6.92 Å². The van der Waals surface area contributed by atoms with Crippen molar-refractivity contribution in [2.75, 3.05) is 6.54 Å². The molecule has 1 heterocycles. The first-order valence-corrected chi connectivity index (χ1v) is 3.51. The minimum Gasteiger partial charge on any atom is -0.465 e. The minimum atomic E-state index is -1.24. The monoisotopic (exact) mass is 184 g/mol. The Morgan fingerprint density at radius 2 is 2.38 bits per heavy atom. The number of oxazole rings is 1. The van der Waals surface area contributed by atoms with Crippen LogP contribution in [0.15, 0.2) is 10.8 Å². The number of carbonyl (C=O) groups excluding carboxylic acids is 1. The third-order valence-corrected chi connectivity index (χ3v) is 1.40. The van der Waals surface area contributed by atoms with Crippen LogP contribution < -0.4 is 5.32 Å². The Labute approximate surface area is 73.6 Å². The highest BCUT2D eigenvalue weighted by atomic mass is 16.4. The summed E-state index contributed by atoms with van der Waals surface area (Å²) in [4.78, 5) is 24.9. The van der Waals surface area contributed by atoms with Crippen LogP contribution in [-0.4, -0.2) is 28.5 Å². The van der Waals surface area contributed by atoms with E-state index in [9.17, 15) is 9.59 Å². The van der Waals surface area contributed by atoms with Gasteiger partial charge in [0.05, 0.1) is 12.2 Å². The lowest BCUT2D eigenvalue weighted by molar-refractivity contribution is 0.0960. The number of nitrogens with one attached hydrogen (secondary N) is 1. The van der Waals surface area contributed by atoms with Gasteiger partial charge in [-0.3, -0.25) is 4.79 Å². The number of ketones is 1. The fraction of sp³-hybridized carbons (Fsp3) is 0.286. The molecule has 0 atom stereocenters. The molecule has 0 bridgehead atoms. The van der Waals surface area contributed by atoms with Crippen LogP contribution in [0.4, 0.5) is 4.79 Å². The molecule has 0 aromatic carbocycles. The van der Waals surface area contributed by atoms with Crippen molar-refractivity contribution >= 4 is 11.9 Å². The second-order valence-corrected chi connectivity index (χ2v) is 2.35. The molecule has 0 aliphatic rings. The predicted octanol–water partition coefficient (Wildman–Crippen LogP) is 0.433. The number of carbonyl (C=O) groups is 2. The van der Waals surface area contributed by atoms with Crippen LogP contribution in [-0.2, 0) is 0 Å². The topological polar surface area (TPSA) is 92.4 Å². The first-order chi connectivity index (χ1) is 6.11. The number of nitrogens with zero attached hydrogens (tertiary/aromatic N) is 1. The average Bonchev–Trinajstić information content (AvgIpc) is 2.47. The highest BCUT2D eigenvalue weighted by Gasteiger charge is 2.13. The van der Waals surface area contributed by atoms with Crippen molar-refractivity contribution in [3.8, 4) is 0 Å². The fourth-order valence-electron chi connectivity index (χ4n) is 0.806. The molecule has 1 aromatic rings. The largest absolute Gasteiger partial charge is 0.465 e. The normalized spacial score (nSPS) is 9.62. The molecule has 0 fully saturated rings. The van der Waals surface area contributed by atoms with E-state index in [1.807, 2.05) is 5.32 Å². The number of rotatable bonds is 3. The second-order valence-electron chi connectivity index (χ2n) is 2.35. The molecule has 2 N–H and O–H groups in total. The van der Waals surface area contributed by atoms with E-state index < -0.39 is 11.9 Å². The van der Waals surface area contributed by atoms with Gasteiger partial charge in [-0.1, -0.05) is 0 Å². The summed E-state index contributed by atoms with van der Waals surface area (Å²) in [5.74, 6) is -0.342. The van der Waals surface area contributed by atoms with Crippen LogP contribution >= 0.6 is 0 Å². The highest BCUT2D eigenvalue weighted by molar-refractivity contribution is 5.97. The fourth-order valence-corrected chi connectivity index (χ4v) is 0.806. The maximum Gasteiger partial charge on any atom is 0.405 e. The molecule has 0 spiro atoms. The van der Waals surface area contributed by atoms with E-state index in [0.29, 0.717) is 5.69 Å². The van der Waals surface area contributed by atoms with Gasteiger partial charge >= 0.3 is 6.09 Å². The van der Waals surface area contributed by atoms with Crippen molar-refractivity contribution in [2.45, 2.75) is 6.92 Å². The third kappa shape index (κ3) is 2.29. The molecule has 0 aliphatic heterocycles. The van der Waals surface area contributed by atoms with Gasteiger partial charge in [0.2, 0.25) is 5.78 Å². The molecule has 70 valence electrons. The van der Waals surface area contributed by atoms with E-state index in [2.05, 4.69) is 4.98 Å². The highest BCUT2D eigenvalue weighted by Crippen LogP contribution is 2.04. The average molecular weight is 184 g/mol. The Kier molecular flexibility index (Phi) is 2.63. The summed E-state index contributed by atoms with van der Waals surface area (Å²) in [7, 11) is 0. The summed E-state index contributed by atoms with van der Waals surface area (Å²) in [6.45, 7) is 1.31. The first kappa shape index (κ1) is 9.24. The number of amides is 1. The van der Waals surface area contributed by atoms with Gasteiger partial charge in [-0.25, -0.2) is 9.78 Å². The summed E-state index contributed by atoms with van der Waals surface area (Å²) in [5, 5.41) is 10.2. The molecule has 6 heteroatoms. The first-order valence-electron chi connectivity index (χ1n) is 3.51. The zero-order valence-electron chi connectivity index (χ0n) is 6.90. The molecule has 0 saturated heterocycles. The maximum absolute atomic E-state index is 11.2. The van der Waals surface area contributed by atoms with Gasteiger partial charge in [0.15, 0.2) is 12.2 Å². The molecular weight excluding hydrogens is 176 g/mol. The third-order valence-electron chi connectivity index (χ3n) is 1.40. The van der Waals surface area contributed by atoms with Crippen molar-refractivity contribution < 1.29 is 19.1 Å². The Balaban J connectivity index is 2.59. The van der Waals surface area contributed by atoms with Crippen molar-refractivity contribution in [3.05, 3.63) is 17.8 Å². The van der Waals surface area contributed by atoms with Gasteiger partial charge in [0, 0.05) is 0 Å². The molecule has 1 rings (SSSR count). The van der Waals surface area contributed by atoms with E-state index >= 15 is 0 Å². The van der Waals surface area contributed by atoms with Crippen LogP contribution in [0.25, 0.3) is 0 Å². The quantitative estimate of drug-likeness (QED) is 0.664. The summed E-state index contributed by atoms with van der Waals surface area (Å²) < 4.78 is 4.76. The van der Waals surface area contributed by atoms with Gasteiger partial charge in [-0.15, -0.1) is 0 Å². The Hall–Kier alpha value is -1.85. The Bertz CT molecular complexity index is 331. The standard InChI is InChI=1S/C7H8N2O4/c1-4-6(13-3-9-4)5(10)2-8-7(11)12/h3,8H,2H2,1H3,(H,11,12). The van der Waals surface area contributed by atoms with E-state index in [4.69, 9.17) is 9.52 Å². The van der Waals surface area contributed by atoms with Crippen LogP contribution in [0.3, 0.4) is 0 Å². The van der Waals surface area contributed by atoms with Gasteiger partial charge in [0.1, 0.15) is 0 Å². The van der Waals surface area contributed by atoms with Crippen molar-refractivity contribution in [3.63, 3.8) is 0 Å². The summed E-state index contributed by atoms with van der Waals surface area (Å²) in [6.07, 6.45) is -0.103. The molecule has 1 aromatic heterocycles. The van der Waals surface area contributed by atoms with Crippen LogP contribution in [0, 0.1) is 6.92 Å². The zero-order valence-corrected chi connectivity index (χ0v) is 6.90. The zero-order chi connectivity index (χ0) is 9.84. The summed E-state index contributed by atoms with van der Waals surface area (Å²) in [5.41, 5.74) is 0.456. The number of hydrogen-bond acceptors (Lipinski definition) is 4. The molecule has 0 aliphatic carbocycles. The smallest absolute Gasteiger partial charge is 0.405 e. The Morgan fingerprint density at radius 1 is 1.69 bits per heavy atom. The van der Waals surface area contributed by atoms with E-state index in [-0.39, 0.29) is 12.3 Å². The molecule has 0 radical (unpaired) electrons. The second kappa shape index (κ2) is 3.70. The number of aromatic nitrogens is 1. The van der Waals surface area contributed by atoms with Crippen LogP contribution in [0.1, 0.15) is 16.2 Å². The lowest BCUT2D eigenvalue weighted by atomic mass is 10.2. The summed E-state index contributed by atoms with van der Waals surface area (Å²) in [6, 6.07) is 0. The van der Waals surface area contributed by atoms with E-state index in [1.54, 1.807) is 6.92 Å². The minimum absolute atomic E-state index is 0.0914. The van der Waals surface area contributed by atoms with Gasteiger partial charge < -0.3 is 14.8 Å². The van der Waals surface area contributed by atoms with Crippen LogP contribution in [0.5, 0.6) is 0 Å². The number of aryl methyl sites for hydroxylation is 1. The van der Waals surface area contributed by atoms with Gasteiger partial charge in [0.25, 0.3) is 0 Å². The van der Waals surface area contributed by atoms with Gasteiger partial charge in [-0.2, -0.15) is 0 Å². The van der Waals surface area contributed by atoms with Crippen LogP contribution in [0.2, 0.25) is 0 Å². The molecular formula is C7H8N2O4. The lowest BCUT2D eigenvalue weighted by Gasteiger charge is -1.97. The summed E-state index contributed by atoms with van der Waals surface area (Å²) >= 11 is 0. The molecule has 6 nitrogen and oxygen atoms in total. The van der Waals surface area contributed by atoms with E-state index in [1.165, 1.54) is 0 Å². The lowest BCUT2D eigenvalue weighted by Crippen LogP contribution is -2.27.